The van der Waals surface area contributed by atoms with E-state index < -0.39 is 0 Å². The van der Waals surface area contributed by atoms with Crippen molar-refractivity contribution in [3.63, 3.8) is 0 Å². The fraction of sp³-hybridized carbons (Fsp3) is 1.00. The van der Waals surface area contributed by atoms with E-state index in [0.717, 1.165) is 12.0 Å². The summed E-state index contributed by atoms with van der Waals surface area (Å²) in [5.74, 6) is 0.763. The zero-order valence-electron chi connectivity index (χ0n) is 11.2. The molecule has 1 fully saturated rings. The molecule has 0 aliphatic carbocycles. The van der Waals surface area contributed by atoms with E-state index in [1.54, 1.807) is 0 Å². The third kappa shape index (κ3) is 3.46. The molecule has 2 heteroatoms. The predicted molar refractivity (Wildman–Crippen MR) is 67.2 cm³/mol. The number of likely N-dealkylation sites (N-methyl/N-ethyl adjacent to an activating group) is 1. The Morgan fingerprint density at radius 3 is 2.27 bits per heavy atom. The first kappa shape index (κ1) is 13.0. The van der Waals surface area contributed by atoms with Gasteiger partial charge in [0.15, 0.2) is 0 Å². The molecule has 0 amide bonds. The van der Waals surface area contributed by atoms with Gasteiger partial charge in [0.1, 0.15) is 0 Å². The van der Waals surface area contributed by atoms with Gasteiger partial charge >= 0.3 is 0 Å². The second-order valence-electron chi connectivity index (χ2n) is 5.39. The molecule has 0 spiro atoms. The molecule has 1 heterocycles. The fourth-order valence-electron chi connectivity index (χ4n) is 2.63. The lowest BCUT2D eigenvalue weighted by molar-refractivity contribution is 0.110. The molecule has 0 aromatic heterocycles. The maximum atomic E-state index is 2.69. The Labute approximate surface area is 95.6 Å². The van der Waals surface area contributed by atoms with Crippen LogP contribution < -0.4 is 0 Å². The Balaban J connectivity index is 2.70. The monoisotopic (exact) mass is 212 g/mol. The van der Waals surface area contributed by atoms with Gasteiger partial charge in [0, 0.05) is 18.6 Å². The summed E-state index contributed by atoms with van der Waals surface area (Å²) in [4.78, 5) is 5.30. The van der Waals surface area contributed by atoms with Crippen LogP contribution in [0.4, 0.5) is 0 Å². The van der Waals surface area contributed by atoms with Crippen LogP contribution in [0.3, 0.4) is 0 Å². The molecular formula is C13H28N2. The normalized spacial score (nSPS) is 26.2. The first-order valence-corrected chi connectivity index (χ1v) is 6.54. The topological polar surface area (TPSA) is 6.48 Å². The highest BCUT2D eigenvalue weighted by Gasteiger charge is 2.27. The molecular weight excluding hydrogens is 184 g/mol. The lowest BCUT2D eigenvalue weighted by atomic mass is 10.0. The molecule has 1 aliphatic heterocycles. The molecule has 0 saturated carbocycles. The SMILES string of the molecule is CCN1CCCN(C(C)C)[C@@H](C(C)C)C1. The summed E-state index contributed by atoms with van der Waals surface area (Å²) in [5, 5.41) is 0. The van der Waals surface area contributed by atoms with Crippen molar-refractivity contribution < 1.29 is 0 Å². The molecule has 0 aromatic rings. The smallest absolute Gasteiger partial charge is 0.0248 e. The van der Waals surface area contributed by atoms with E-state index in [-0.39, 0.29) is 0 Å². The minimum atomic E-state index is 0.689. The molecule has 1 rings (SSSR count). The molecule has 0 N–H and O–H groups in total. The van der Waals surface area contributed by atoms with Crippen LogP contribution >= 0.6 is 0 Å². The lowest BCUT2D eigenvalue weighted by Crippen LogP contribution is -2.47. The van der Waals surface area contributed by atoms with Gasteiger partial charge in [-0.3, -0.25) is 4.90 Å². The van der Waals surface area contributed by atoms with Gasteiger partial charge in [0.25, 0.3) is 0 Å². The minimum Gasteiger partial charge on any atom is -0.302 e. The second kappa shape index (κ2) is 5.86. The van der Waals surface area contributed by atoms with Crippen LogP contribution in [0.2, 0.25) is 0 Å². The summed E-state index contributed by atoms with van der Waals surface area (Å²) in [6.07, 6.45) is 1.33. The van der Waals surface area contributed by atoms with E-state index in [4.69, 9.17) is 0 Å². The van der Waals surface area contributed by atoms with E-state index in [0.29, 0.717) is 6.04 Å². The standard InChI is InChI=1S/C13H28N2/c1-6-14-8-7-9-15(12(4)5)13(10-14)11(2)3/h11-13H,6-10H2,1-5H3/t13-/m1/s1. The van der Waals surface area contributed by atoms with Crippen LogP contribution in [0, 0.1) is 5.92 Å². The van der Waals surface area contributed by atoms with Crippen LogP contribution in [-0.2, 0) is 0 Å². The Kier molecular flexibility index (Phi) is 5.07. The molecule has 1 atom stereocenters. The summed E-state index contributed by atoms with van der Waals surface area (Å²) in [6.45, 7) is 16.7. The van der Waals surface area contributed by atoms with Crippen molar-refractivity contribution in [3.8, 4) is 0 Å². The summed E-state index contributed by atoms with van der Waals surface area (Å²) in [7, 11) is 0. The Hall–Kier alpha value is -0.0800. The van der Waals surface area contributed by atoms with Crippen molar-refractivity contribution in [3.05, 3.63) is 0 Å². The second-order valence-corrected chi connectivity index (χ2v) is 5.39. The molecule has 15 heavy (non-hydrogen) atoms. The van der Waals surface area contributed by atoms with Crippen molar-refractivity contribution in [2.45, 2.75) is 53.1 Å². The molecule has 1 aliphatic rings. The van der Waals surface area contributed by atoms with Gasteiger partial charge in [-0.25, -0.2) is 0 Å². The van der Waals surface area contributed by atoms with Gasteiger partial charge in [-0.1, -0.05) is 20.8 Å². The summed E-state index contributed by atoms with van der Waals surface area (Å²) in [5.41, 5.74) is 0. The molecule has 0 aromatic carbocycles. The zero-order chi connectivity index (χ0) is 11.4. The van der Waals surface area contributed by atoms with Crippen LogP contribution in [-0.4, -0.2) is 48.1 Å². The first-order valence-electron chi connectivity index (χ1n) is 6.54. The number of hydrogen-bond donors (Lipinski definition) is 0. The van der Waals surface area contributed by atoms with Crippen LogP contribution in [0.5, 0.6) is 0 Å². The van der Waals surface area contributed by atoms with Gasteiger partial charge in [0.05, 0.1) is 0 Å². The van der Waals surface area contributed by atoms with E-state index in [1.807, 2.05) is 0 Å². The van der Waals surface area contributed by atoms with Crippen molar-refractivity contribution in [2.24, 2.45) is 5.92 Å². The predicted octanol–water partition coefficient (Wildman–Crippen LogP) is 2.45. The van der Waals surface area contributed by atoms with E-state index in [2.05, 4.69) is 44.4 Å². The fourth-order valence-corrected chi connectivity index (χ4v) is 2.63. The van der Waals surface area contributed by atoms with Crippen molar-refractivity contribution in [1.29, 1.82) is 0 Å². The molecule has 0 radical (unpaired) electrons. The van der Waals surface area contributed by atoms with Gasteiger partial charge in [-0.15, -0.1) is 0 Å². The van der Waals surface area contributed by atoms with Gasteiger partial charge < -0.3 is 4.90 Å². The lowest BCUT2D eigenvalue weighted by Gasteiger charge is -2.37. The third-order valence-corrected chi connectivity index (χ3v) is 3.64. The van der Waals surface area contributed by atoms with E-state index in [1.165, 1.54) is 32.6 Å². The Bertz CT molecular complexity index is 177. The van der Waals surface area contributed by atoms with Gasteiger partial charge in [-0.05, 0) is 45.8 Å². The summed E-state index contributed by atoms with van der Waals surface area (Å²) >= 11 is 0. The molecule has 1 saturated heterocycles. The van der Waals surface area contributed by atoms with Gasteiger partial charge in [-0.2, -0.15) is 0 Å². The highest BCUT2D eigenvalue weighted by molar-refractivity contribution is 4.83. The molecule has 0 bridgehead atoms. The van der Waals surface area contributed by atoms with Crippen LogP contribution in [0.25, 0.3) is 0 Å². The molecule has 0 unspecified atom stereocenters. The molecule has 2 nitrogen and oxygen atoms in total. The maximum absolute atomic E-state index is 2.69. The summed E-state index contributed by atoms with van der Waals surface area (Å²) < 4.78 is 0. The van der Waals surface area contributed by atoms with Gasteiger partial charge in [0.2, 0.25) is 0 Å². The Morgan fingerprint density at radius 2 is 1.80 bits per heavy atom. The van der Waals surface area contributed by atoms with Crippen molar-refractivity contribution in [1.82, 2.24) is 9.80 Å². The van der Waals surface area contributed by atoms with E-state index >= 15 is 0 Å². The average molecular weight is 212 g/mol. The highest BCUT2D eigenvalue weighted by Crippen LogP contribution is 2.19. The first-order chi connectivity index (χ1) is 7.06. The number of nitrogens with zero attached hydrogens (tertiary/aromatic N) is 2. The minimum absolute atomic E-state index is 0.689. The zero-order valence-corrected chi connectivity index (χ0v) is 11.2. The largest absolute Gasteiger partial charge is 0.302 e. The Morgan fingerprint density at radius 1 is 1.13 bits per heavy atom. The van der Waals surface area contributed by atoms with Crippen molar-refractivity contribution >= 4 is 0 Å². The van der Waals surface area contributed by atoms with Crippen LogP contribution in [0.1, 0.15) is 41.0 Å². The average Bonchev–Trinajstić information content (AvgIpc) is 2.38. The molecule has 90 valence electrons. The van der Waals surface area contributed by atoms with Crippen LogP contribution in [0.15, 0.2) is 0 Å². The number of hydrogen-bond acceptors (Lipinski definition) is 2. The van der Waals surface area contributed by atoms with Crippen molar-refractivity contribution in [2.75, 3.05) is 26.2 Å². The number of rotatable bonds is 3. The maximum Gasteiger partial charge on any atom is 0.0248 e. The highest BCUT2D eigenvalue weighted by atomic mass is 15.3. The quantitative estimate of drug-likeness (QED) is 0.709. The summed E-state index contributed by atoms with van der Waals surface area (Å²) in [6, 6.07) is 1.43. The third-order valence-electron chi connectivity index (χ3n) is 3.64. The van der Waals surface area contributed by atoms with E-state index in [9.17, 15) is 0 Å².